The molecule has 4 nitrogen and oxygen atoms in total. The van der Waals surface area contributed by atoms with Gasteiger partial charge in [-0.2, -0.15) is 0 Å². The molecule has 2 heterocycles. The maximum atomic E-state index is 5.36. The largest absolute Gasteiger partial charge is 0.459 e. The summed E-state index contributed by atoms with van der Waals surface area (Å²) in [5.41, 5.74) is 7.56. The fourth-order valence-corrected chi connectivity index (χ4v) is 1.02. The third kappa shape index (κ3) is 0.914. The van der Waals surface area contributed by atoms with Crippen molar-refractivity contribution in [2.45, 2.75) is 6.42 Å². The van der Waals surface area contributed by atoms with E-state index in [-0.39, 0.29) is 0 Å². The second kappa shape index (κ2) is 2.39. The van der Waals surface area contributed by atoms with Crippen LogP contribution in [-0.2, 0) is 6.42 Å². The summed E-state index contributed by atoms with van der Waals surface area (Å²) in [6, 6.07) is 1.74. The molecule has 0 aliphatic heterocycles. The minimum atomic E-state index is 0.558. The zero-order valence-electron chi connectivity index (χ0n) is 5.91. The van der Waals surface area contributed by atoms with Crippen LogP contribution < -0.4 is 5.73 Å². The quantitative estimate of drug-likeness (QED) is 0.694. The van der Waals surface area contributed by atoms with Crippen LogP contribution >= 0.6 is 0 Å². The average molecular weight is 152 g/mol. The van der Waals surface area contributed by atoms with E-state index in [1.807, 2.05) is 0 Å². The van der Waals surface area contributed by atoms with E-state index >= 15 is 0 Å². The smallest absolute Gasteiger partial charge is 0.205 e. The van der Waals surface area contributed by atoms with Crippen molar-refractivity contribution in [1.29, 1.82) is 0 Å². The maximum Gasteiger partial charge on any atom is 0.205 e. The van der Waals surface area contributed by atoms with Gasteiger partial charge in [-0.05, 0) is 6.54 Å². The minimum absolute atomic E-state index is 0.558. The van der Waals surface area contributed by atoms with E-state index < -0.39 is 0 Å². The Bertz CT molecular complexity index is 350. The van der Waals surface area contributed by atoms with E-state index in [0.29, 0.717) is 18.5 Å². The number of nitrogens with two attached hydrogens (primary N) is 1. The van der Waals surface area contributed by atoms with Gasteiger partial charge in [0.25, 0.3) is 0 Å². The van der Waals surface area contributed by atoms with Crippen LogP contribution in [0.25, 0.3) is 11.2 Å². The third-order valence-corrected chi connectivity index (χ3v) is 1.53. The number of aromatic nitrogens is 1. The second-order valence-electron chi connectivity index (χ2n) is 2.28. The number of rotatable bonds is 2. The number of furan rings is 1. The van der Waals surface area contributed by atoms with Crippen molar-refractivity contribution in [2.75, 3.05) is 6.54 Å². The topological polar surface area (TPSA) is 65.2 Å². The molecule has 0 unspecified atom stereocenters. The third-order valence-electron chi connectivity index (χ3n) is 1.53. The van der Waals surface area contributed by atoms with Gasteiger partial charge in [-0.3, -0.25) is 0 Å². The first-order chi connectivity index (χ1) is 5.42. The fourth-order valence-electron chi connectivity index (χ4n) is 1.02. The molecular weight excluding hydrogens is 144 g/mol. The van der Waals surface area contributed by atoms with Gasteiger partial charge in [0.2, 0.25) is 5.58 Å². The second-order valence-corrected chi connectivity index (χ2v) is 2.28. The van der Waals surface area contributed by atoms with Crippen molar-refractivity contribution in [3.8, 4) is 0 Å². The maximum absolute atomic E-state index is 5.36. The monoisotopic (exact) mass is 152 g/mol. The van der Waals surface area contributed by atoms with Crippen LogP contribution in [0.2, 0.25) is 0 Å². The van der Waals surface area contributed by atoms with Gasteiger partial charge in [0.1, 0.15) is 5.69 Å². The van der Waals surface area contributed by atoms with Crippen molar-refractivity contribution in [3.05, 3.63) is 18.0 Å². The van der Waals surface area contributed by atoms with E-state index in [4.69, 9.17) is 14.7 Å². The van der Waals surface area contributed by atoms with Crippen LogP contribution in [0, 0.1) is 0 Å². The normalized spacial score (nSPS) is 11.0. The lowest BCUT2D eigenvalue weighted by Crippen LogP contribution is -2.02. The highest BCUT2D eigenvalue weighted by molar-refractivity contribution is 5.72. The molecular formula is C7H8N2O2. The van der Waals surface area contributed by atoms with Crippen LogP contribution in [-0.4, -0.2) is 11.7 Å². The first kappa shape index (κ1) is 6.42. The van der Waals surface area contributed by atoms with Crippen LogP contribution in [0.3, 0.4) is 0 Å². The zero-order chi connectivity index (χ0) is 7.68. The van der Waals surface area contributed by atoms with Gasteiger partial charge in [0.05, 0.1) is 6.26 Å². The van der Waals surface area contributed by atoms with Crippen LogP contribution in [0.1, 0.15) is 5.69 Å². The van der Waals surface area contributed by atoms with Crippen molar-refractivity contribution in [3.63, 3.8) is 0 Å². The first-order valence-corrected chi connectivity index (χ1v) is 3.43. The van der Waals surface area contributed by atoms with Gasteiger partial charge >= 0.3 is 0 Å². The predicted molar refractivity (Wildman–Crippen MR) is 39.0 cm³/mol. The highest BCUT2D eigenvalue weighted by Gasteiger charge is 2.09. The minimum Gasteiger partial charge on any atom is -0.459 e. The predicted octanol–water partition coefficient (Wildman–Crippen LogP) is 0.922. The SMILES string of the molecule is NCCc1noc2ccoc12. The molecule has 0 aromatic carbocycles. The van der Waals surface area contributed by atoms with Gasteiger partial charge in [0.15, 0.2) is 5.58 Å². The Morgan fingerprint density at radius 3 is 3.27 bits per heavy atom. The summed E-state index contributed by atoms with van der Waals surface area (Å²) in [4.78, 5) is 0. The molecule has 0 atom stereocenters. The molecule has 2 aromatic heterocycles. The van der Waals surface area contributed by atoms with Crippen LogP contribution in [0.15, 0.2) is 21.3 Å². The molecule has 0 amide bonds. The van der Waals surface area contributed by atoms with Gasteiger partial charge < -0.3 is 14.7 Å². The molecule has 4 heteroatoms. The average Bonchev–Trinajstić information content (AvgIpc) is 2.53. The Balaban J connectivity index is 2.51. The molecule has 0 aliphatic carbocycles. The fraction of sp³-hybridized carbons (Fsp3) is 0.286. The molecule has 11 heavy (non-hydrogen) atoms. The summed E-state index contributed by atoms with van der Waals surface area (Å²) in [5, 5.41) is 3.80. The number of nitrogens with zero attached hydrogens (tertiary/aromatic N) is 1. The molecule has 58 valence electrons. The summed E-state index contributed by atoms with van der Waals surface area (Å²) < 4.78 is 10.1. The molecule has 2 aromatic rings. The molecule has 2 N–H and O–H groups in total. The molecule has 2 rings (SSSR count). The molecule has 0 spiro atoms. The van der Waals surface area contributed by atoms with E-state index in [0.717, 1.165) is 11.3 Å². The van der Waals surface area contributed by atoms with Crippen LogP contribution in [0.4, 0.5) is 0 Å². The highest BCUT2D eigenvalue weighted by atomic mass is 16.5. The first-order valence-electron chi connectivity index (χ1n) is 3.43. The summed E-state index contributed by atoms with van der Waals surface area (Å²) >= 11 is 0. The lowest BCUT2D eigenvalue weighted by Gasteiger charge is -1.85. The van der Waals surface area contributed by atoms with Crippen molar-refractivity contribution in [2.24, 2.45) is 5.73 Å². The zero-order valence-corrected chi connectivity index (χ0v) is 5.91. The van der Waals surface area contributed by atoms with Gasteiger partial charge in [-0.1, -0.05) is 5.16 Å². The van der Waals surface area contributed by atoms with E-state index in [9.17, 15) is 0 Å². The van der Waals surface area contributed by atoms with Gasteiger partial charge in [-0.25, -0.2) is 0 Å². The lowest BCUT2D eigenvalue weighted by atomic mass is 10.3. The Kier molecular flexibility index (Phi) is 1.40. The summed E-state index contributed by atoms with van der Waals surface area (Å²) in [6.07, 6.45) is 2.27. The van der Waals surface area contributed by atoms with E-state index in [1.165, 1.54) is 0 Å². The van der Waals surface area contributed by atoms with Crippen molar-refractivity contribution >= 4 is 11.2 Å². The van der Waals surface area contributed by atoms with Crippen molar-refractivity contribution in [1.82, 2.24) is 5.16 Å². The lowest BCUT2D eigenvalue weighted by molar-refractivity contribution is 0.446. The van der Waals surface area contributed by atoms with E-state index in [2.05, 4.69) is 5.16 Å². The molecule has 0 fully saturated rings. The van der Waals surface area contributed by atoms with Gasteiger partial charge in [0, 0.05) is 12.5 Å². The Labute approximate surface area is 62.9 Å². The summed E-state index contributed by atoms with van der Waals surface area (Å²) in [5.74, 6) is 0. The summed E-state index contributed by atoms with van der Waals surface area (Å²) in [6.45, 7) is 0.558. The van der Waals surface area contributed by atoms with Gasteiger partial charge in [-0.15, -0.1) is 0 Å². The Hall–Kier alpha value is -1.29. The number of fused-ring (bicyclic) bond motifs is 1. The Morgan fingerprint density at radius 1 is 1.55 bits per heavy atom. The summed E-state index contributed by atoms with van der Waals surface area (Å²) in [7, 11) is 0. The standard InChI is InChI=1S/C7H8N2O2/c8-3-1-5-7-6(11-9-5)2-4-10-7/h2,4H,1,3,8H2. The molecule has 0 saturated heterocycles. The molecule has 0 bridgehead atoms. The van der Waals surface area contributed by atoms with Crippen LogP contribution in [0.5, 0.6) is 0 Å². The Morgan fingerprint density at radius 2 is 2.45 bits per heavy atom. The molecule has 0 radical (unpaired) electrons. The molecule has 0 aliphatic rings. The number of hydrogen-bond acceptors (Lipinski definition) is 4. The number of hydrogen-bond donors (Lipinski definition) is 1. The molecule has 0 saturated carbocycles. The van der Waals surface area contributed by atoms with E-state index in [1.54, 1.807) is 12.3 Å². The highest BCUT2D eigenvalue weighted by Crippen LogP contribution is 2.18. The van der Waals surface area contributed by atoms with Crippen molar-refractivity contribution < 1.29 is 8.94 Å².